The highest BCUT2D eigenvalue weighted by Crippen LogP contribution is 2.20. The zero-order valence-electron chi connectivity index (χ0n) is 14.3. The van der Waals surface area contributed by atoms with Gasteiger partial charge in [-0.3, -0.25) is 0 Å². The molecule has 0 nitrogen and oxygen atoms in total. The molecule has 0 bridgehead atoms. The van der Waals surface area contributed by atoms with Gasteiger partial charge in [-0.05, 0) is 12.8 Å². The van der Waals surface area contributed by atoms with Gasteiger partial charge in [0.15, 0.2) is 0 Å². The van der Waals surface area contributed by atoms with Crippen LogP contribution in [0.1, 0.15) is 73.1 Å². The van der Waals surface area contributed by atoms with Crippen molar-refractivity contribution in [2.24, 2.45) is 11.8 Å². The number of allylic oxidation sites excluding steroid dienone is 2. The summed E-state index contributed by atoms with van der Waals surface area (Å²) in [5.41, 5.74) is 0. The molecule has 0 fully saturated rings. The van der Waals surface area contributed by atoms with Gasteiger partial charge in [0.1, 0.15) is 0 Å². The molecular weight excluding hydrogens is 243 g/mol. The van der Waals surface area contributed by atoms with E-state index in [0.29, 0.717) is 0 Å². The molecule has 19 heavy (non-hydrogen) atoms. The third kappa shape index (κ3) is 14.5. The van der Waals surface area contributed by atoms with Gasteiger partial charge in [0.25, 0.3) is 14.1 Å². The maximum Gasteiger partial charge on any atom is 0.262 e. The molecule has 0 aromatic rings. The predicted molar refractivity (Wildman–Crippen MR) is 92.4 cm³/mol. The van der Waals surface area contributed by atoms with Gasteiger partial charge in [-0.15, -0.1) is 0 Å². The predicted octanol–water partition coefficient (Wildman–Crippen LogP) is 6.71. The standard InChI is InChI=1S/C10H19.2C4H9.Al/c1-3-5-7-9-10-8-6-4-2;2*1-4(2)3;/h9-10H,1,3-8H2,2H3;2*4H,1H2,2-3H3;/b10-9+;;;. The van der Waals surface area contributed by atoms with E-state index < -0.39 is 14.1 Å². The van der Waals surface area contributed by atoms with Crippen molar-refractivity contribution >= 4 is 14.1 Å². The smallest absolute Gasteiger partial charge is 0.0938 e. The second-order valence-electron chi connectivity index (χ2n) is 7.02. The maximum absolute atomic E-state index is 2.41. The molecule has 0 atom stereocenters. The van der Waals surface area contributed by atoms with E-state index in [2.05, 4.69) is 46.8 Å². The first-order chi connectivity index (χ1) is 9.06. The van der Waals surface area contributed by atoms with E-state index in [-0.39, 0.29) is 0 Å². The third-order valence-electron chi connectivity index (χ3n) is 3.73. The molecular formula is C18H37Al. The molecule has 112 valence electrons. The molecule has 0 aliphatic rings. The van der Waals surface area contributed by atoms with Crippen molar-refractivity contribution < 1.29 is 0 Å². The highest BCUT2D eigenvalue weighted by atomic mass is 27.2. The summed E-state index contributed by atoms with van der Waals surface area (Å²) in [4.78, 5) is 0. The lowest BCUT2D eigenvalue weighted by Gasteiger charge is -2.16. The Morgan fingerprint density at radius 2 is 1.32 bits per heavy atom. The Hall–Kier alpha value is 0.272. The number of hydrogen-bond donors (Lipinski definition) is 0. The molecule has 0 radical (unpaired) electrons. The van der Waals surface area contributed by atoms with Crippen molar-refractivity contribution in [3.8, 4) is 0 Å². The summed E-state index contributed by atoms with van der Waals surface area (Å²) in [6, 6.07) is 0. The van der Waals surface area contributed by atoms with Crippen molar-refractivity contribution in [3.63, 3.8) is 0 Å². The first-order valence-corrected chi connectivity index (χ1v) is 11.2. The second-order valence-corrected chi connectivity index (χ2v) is 10.3. The molecule has 0 heterocycles. The van der Waals surface area contributed by atoms with E-state index in [0.717, 1.165) is 11.8 Å². The molecule has 0 saturated heterocycles. The Morgan fingerprint density at radius 3 is 1.79 bits per heavy atom. The minimum atomic E-state index is -0.444. The average molecular weight is 280 g/mol. The zero-order chi connectivity index (χ0) is 14.5. The summed E-state index contributed by atoms with van der Waals surface area (Å²) < 4.78 is 0. The molecule has 0 aliphatic carbocycles. The molecule has 0 N–H and O–H groups in total. The molecule has 0 aromatic carbocycles. The van der Waals surface area contributed by atoms with Crippen LogP contribution in [0.4, 0.5) is 0 Å². The maximum atomic E-state index is 2.41. The summed E-state index contributed by atoms with van der Waals surface area (Å²) in [5.74, 6) is 1.84. The summed E-state index contributed by atoms with van der Waals surface area (Å²) in [6.07, 6.45) is 13.0. The van der Waals surface area contributed by atoms with E-state index in [9.17, 15) is 0 Å². The van der Waals surface area contributed by atoms with Crippen LogP contribution in [0.25, 0.3) is 0 Å². The molecule has 0 unspecified atom stereocenters. The quantitative estimate of drug-likeness (QED) is 0.212. The van der Waals surface area contributed by atoms with Gasteiger partial charge in [0, 0.05) is 0 Å². The summed E-state index contributed by atoms with van der Waals surface area (Å²) in [6.45, 7) is 11.9. The van der Waals surface area contributed by atoms with Gasteiger partial charge >= 0.3 is 0 Å². The molecule has 0 spiro atoms. The number of unbranched alkanes of at least 4 members (excludes halogenated alkanes) is 4. The lowest BCUT2D eigenvalue weighted by atomic mass is 10.2. The lowest BCUT2D eigenvalue weighted by Crippen LogP contribution is -2.17. The van der Waals surface area contributed by atoms with Crippen molar-refractivity contribution in [1.82, 2.24) is 0 Å². The third-order valence-corrected chi connectivity index (χ3v) is 8.18. The lowest BCUT2D eigenvalue weighted by molar-refractivity contribution is 0.679. The SMILES string of the molecule is CCCC/C=C/CCC[CH2][Al]([CH2]C(C)C)[CH2]C(C)C. The van der Waals surface area contributed by atoms with E-state index in [1.807, 2.05) is 0 Å². The molecule has 0 aliphatic heterocycles. The largest absolute Gasteiger partial charge is 0.262 e. The van der Waals surface area contributed by atoms with E-state index in [1.54, 1.807) is 15.8 Å². The molecule has 1 heteroatoms. The topological polar surface area (TPSA) is 0 Å². The molecule has 0 saturated carbocycles. The zero-order valence-corrected chi connectivity index (χ0v) is 15.4. The van der Waals surface area contributed by atoms with Crippen molar-refractivity contribution in [2.75, 3.05) is 0 Å². The van der Waals surface area contributed by atoms with Crippen LogP contribution >= 0.6 is 0 Å². The van der Waals surface area contributed by atoms with Crippen molar-refractivity contribution in [1.29, 1.82) is 0 Å². The van der Waals surface area contributed by atoms with Crippen LogP contribution in [0.5, 0.6) is 0 Å². The molecule has 0 rings (SSSR count). The first kappa shape index (κ1) is 19.3. The van der Waals surface area contributed by atoms with E-state index >= 15 is 0 Å². The highest BCUT2D eigenvalue weighted by Gasteiger charge is 2.18. The van der Waals surface area contributed by atoms with Crippen LogP contribution < -0.4 is 0 Å². The van der Waals surface area contributed by atoms with E-state index in [1.165, 1.54) is 38.5 Å². The average Bonchev–Trinajstić information content (AvgIpc) is 2.30. The van der Waals surface area contributed by atoms with Gasteiger partial charge in [-0.1, -0.05) is 100 Å². The Balaban J connectivity index is 3.65. The highest BCUT2D eigenvalue weighted by molar-refractivity contribution is 6.58. The van der Waals surface area contributed by atoms with Gasteiger partial charge in [-0.25, -0.2) is 0 Å². The van der Waals surface area contributed by atoms with Crippen LogP contribution in [0, 0.1) is 11.8 Å². The summed E-state index contributed by atoms with van der Waals surface area (Å²) in [7, 11) is 0. The van der Waals surface area contributed by atoms with Gasteiger partial charge < -0.3 is 0 Å². The summed E-state index contributed by atoms with van der Waals surface area (Å²) in [5, 5.41) is 4.70. The van der Waals surface area contributed by atoms with Crippen LogP contribution in [0.3, 0.4) is 0 Å². The second kappa shape index (κ2) is 13.3. The molecule has 0 aromatic heterocycles. The van der Waals surface area contributed by atoms with Crippen LogP contribution in [0.2, 0.25) is 15.8 Å². The minimum absolute atomic E-state index is 0.444. The Labute approximate surface area is 127 Å². The summed E-state index contributed by atoms with van der Waals surface area (Å²) >= 11 is -0.444. The van der Waals surface area contributed by atoms with Gasteiger partial charge in [0.2, 0.25) is 0 Å². The first-order valence-electron chi connectivity index (χ1n) is 8.71. The number of hydrogen-bond acceptors (Lipinski definition) is 0. The van der Waals surface area contributed by atoms with E-state index in [4.69, 9.17) is 0 Å². The Bertz CT molecular complexity index is 196. The fourth-order valence-electron chi connectivity index (χ4n) is 2.92. The fourth-order valence-corrected chi connectivity index (χ4v) is 7.11. The van der Waals surface area contributed by atoms with Crippen molar-refractivity contribution in [3.05, 3.63) is 12.2 Å². The monoisotopic (exact) mass is 280 g/mol. The minimum Gasteiger partial charge on any atom is -0.0938 e. The number of rotatable bonds is 12. The van der Waals surface area contributed by atoms with Gasteiger partial charge in [0.05, 0.1) is 0 Å². The molecule has 0 amide bonds. The van der Waals surface area contributed by atoms with Crippen LogP contribution in [-0.2, 0) is 0 Å². The van der Waals surface area contributed by atoms with Gasteiger partial charge in [-0.2, -0.15) is 0 Å². The normalized spacial score (nSPS) is 11.9. The van der Waals surface area contributed by atoms with Crippen LogP contribution in [-0.4, -0.2) is 14.1 Å². The van der Waals surface area contributed by atoms with Crippen LogP contribution in [0.15, 0.2) is 12.2 Å². The fraction of sp³-hybridized carbons (Fsp3) is 0.889. The Morgan fingerprint density at radius 1 is 0.789 bits per heavy atom. The van der Waals surface area contributed by atoms with Crippen molar-refractivity contribution in [2.45, 2.75) is 89.0 Å². The Kier molecular flexibility index (Phi) is 13.5.